The Labute approximate surface area is 114 Å². The Hall–Kier alpha value is -1.32. The molecule has 19 heavy (non-hydrogen) atoms. The number of aliphatic carboxylic acids is 1. The van der Waals surface area contributed by atoms with Crippen LogP contribution in [0.25, 0.3) is 0 Å². The van der Waals surface area contributed by atoms with Crippen LogP contribution >= 0.6 is 0 Å². The van der Waals surface area contributed by atoms with E-state index in [0.717, 1.165) is 36.8 Å². The van der Waals surface area contributed by atoms with E-state index in [1.807, 2.05) is 0 Å². The van der Waals surface area contributed by atoms with Gasteiger partial charge in [-0.3, -0.25) is 0 Å². The van der Waals surface area contributed by atoms with Crippen molar-refractivity contribution in [3.63, 3.8) is 0 Å². The van der Waals surface area contributed by atoms with Gasteiger partial charge in [-0.25, -0.2) is 9.59 Å². The number of hydrogen-bond donors (Lipinski definition) is 1. The molecule has 1 saturated carbocycles. The van der Waals surface area contributed by atoms with Gasteiger partial charge in [0.25, 0.3) is 0 Å². The molecule has 0 aromatic carbocycles. The number of esters is 1. The summed E-state index contributed by atoms with van der Waals surface area (Å²) < 4.78 is 5.06. The van der Waals surface area contributed by atoms with Crippen molar-refractivity contribution < 1.29 is 19.4 Å². The fourth-order valence-electron chi connectivity index (χ4n) is 2.64. The first-order valence-corrected chi connectivity index (χ1v) is 7.10. The first kappa shape index (κ1) is 15.7. The molecule has 1 fully saturated rings. The zero-order valence-corrected chi connectivity index (χ0v) is 11.8. The summed E-state index contributed by atoms with van der Waals surface area (Å²) in [5.41, 5.74) is 0. The van der Waals surface area contributed by atoms with Crippen LogP contribution in [-0.2, 0) is 14.3 Å². The molecular weight excluding hydrogens is 244 g/mol. The first-order chi connectivity index (χ1) is 9.02. The van der Waals surface area contributed by atoms with Gasteiger partial charge in [0.1, 0.15) is 0 Å². The van der Waals surface area contributed by atoms with E-state index < -0.39 is 11.9 Å². The normalized spacial score (nSPS) is 25.2. The quantitative estimate of drug-likeness (QED) is 0.594. The summed E-state index contributed by atoms with van der Waals surface area (Å²) in [5, 5.41) is 8.39. The van der Waals surface area contributed by atoms with Gasteiger partial charge < -0.3 is 9.84 Å². The maximum Gasteiger partial charge on any atom is 0.331 e. The Kier molecular flexibility index (Phi) is 6.60. The standard InChI is InChI=1S/C15H24O4/c1-3-11(2)13-6-4-12(5-7-13)10-19-15(18)9-8-14(16)17/h8-9,11-13H,3-7,10H2,1-2H3,(H,16,17)/b9-8+. The monoisotopic (exact) mass is 268 g/mol. The highest BCUT2D eigenvalue weighted by Gasteiger charge is 2.24. The zero-order chi connectivity index (χ0) is 14.3. The van der Waals surface area contributed by atoms with E-state index >= 15 is 0 Å². The number of ether oxygens (including phenoxy) is 1. The molecule has 0 bridgehead atoms. The van der Waals surface area contributed by atoms with Gasteiger partial charge in [0, 0.05) is 12.2 Å². The van der Waals surface area contributed by atoms with E-state index in [1.165, 1.54) is 19.3 Å². The van der Waals surface area contributed by atoms with Gasteiger partial charge in [0.2, 0.25) is 0 Å². The van der Waals surface area contributed by atoms with Crippen LogP contribution in [0.3, 0.4) is 0 Å². The molecule has 1 unspecified atom stereocenters. The Bertz CT molecular complexity index is 327. The molecule has 0 aromatic heterocycles. The lowest BCUT2D eigenvalue weighted by Gasteiger charge is -2.31. The smallest absolute Gasteiger partial charge is 0.331 e. The SMILES string of the molecule is CCC(C)C1CCC(COC(=O)/C=C/C(=O)O)CC1. The first-order valence-electron chi connectivity index (χ1n) is 7.10. The van der Waals surface area contributed by atoms with E-state index in [2.05, 4.69) is 13.8 Å². The van der Waals surface area contributed by atoms with Crippen molar-refractivity contribution in [3.8, 4) is 0 Å². The van der Waals surface area contributed by atoms with E-state index in [9.17, 15) is 9.59 Å². The third-order valence-electron chi connectivity index (χ3n) is 4.16. The molecule has 0 heterocycles. The average Bonchev–Trinajstić information content (AvgIpc) is 2.42. The molecule has 0 amide bonds. The molecule has 0 radical (unpaired) electrons. The molecule has 1 aliphatic carbocycles. The molecule has 1 atom stereocenters. The summed E-state index contributed by atoms with van der Waals surface area (Å²) in [6.45, 7) is 4.95. The van der Waals surface area contributed by atoms with E-state index in [4.69, 9.17) is 9.84 Å². The van der Waals surface area contributed by atoms with E-state index in [-0.39, 0.29) is 0 Å². The molecule has 0 spiro atoms. The maximum atomic E-state index is 11.2. The van der Waals surface area contributed by atoms with Crippen molar-refractivity contribution in [1.29, 1.82) is 0 Å². The maximum absolute atomic E-state index is 11.2. The third kappa shape index (κ3) is 5.90. The molecule has 1 aliphatic rings. The second-order valence-electron chi connectivity index (χ2n) is 5.47. The van der Waals surface area contributed by atoms with Crippen LogP contribution in [0, 0.1) is 17.8 Å². The fraction of sp³-hybridized carbons (Fsp3) is 0.733. The summed E-state index contributed by atoms with van der Waals surface area (Å²) in [5.74, 6) is 0.325. The van der Waals surface area contributed by atoms with Crippen molar-refractivity contribution in [1.82, 2.24) is 0 Å². The summed E-state index contributed by atoms with van der Waals surface area (Å²) in [4.78, 5) is 21.5. The number of hydrogen-bond acceptors (Lipinski definition) is 3. The average molecular weight is 268 g/mol. The summed E-state index contributed by atoms with van der Waals surface area (Å²) in [6.07, 6.45) is 7.62. The van der Waals surface area contributed by atoms with Crippen LogP contribution in [-0.4, -0.2) is 23.7 Å². The van der Waals surface area contributed by atoms with Crippen LogP contribution in [0.15, 0.2) is 12.2 Å². The molecule has 0 aliphatic heterocycles. The predicted molar refractivity (Wildman–Crippen MR) is 72.6 cm³/mol. The Morgan fingerprint density at radius 1 is 1.26 bits per heavy atom. The highest BCUT2D eigenvalue weighted by atomic mass is 16.5. The van der Waals surface area contributed by atoms with Gasteiger partial charge in [0.15, 0.2) is 0 Å². The van der Waals surface area contributed by atoms with E-state index in [0.29, 0.717) is 12.5 Å². The lowest BCUT2D eigenvalue weighted by molar-refractivity contribution is -0.140. The molecular formula is C15H24O4. The summed E-state index contributed by atoms with van der Waals surface area (Å²) >= 11 is 0. The van der Waals surface area contributed by atoms with Crippen molar-refractivity contribution in [2.45, 2.75) is 46.0 Å². The second-order valence-corrected chi connectivity index (χ2v) is 5.47. The van der Waals surface area contributed by atoms with Crippen molar-refractivity contribution in [2.24, 2.45) is 17.8 Å². The van der Waals surface area contributed by atoms with Crippen molar-refractivity contribution in [2.75, 3.05) is 6.61 Å². The molecule has 1 rings (SSSR count). The number of carboxylic acid groups (broad SMARTS) is 1. The number of carbonyl (C=O) groups excluding carboxylic acids is 1. The van der Waals surface area contributed by atoms with Gasteiger partial charge in [-0.2, -0.15) is 0 Å². The van der Waals surface area contributed by atoms with Crippen LogP contribution in [0.5, 0.6) is 0 Å². The minimum atomic E-state index is -1.13. The fourth-order valence-corrected chi connectivity index (χ4v) is 2.64. The van der Waals surface area contributed by atoms with Crippen LogP contribution < -0.4 is 0 Å². The molecule has 4 nitrogen and oxygen atoms in total. The minimum Gasteiger partial charge on any atom is -0.478 e. The lowest BCUT2D eigenvalue weighted by Crippen LogP contribution is -2.23. The van der Waals surface area contributed by atoms with Gasteiger partial charge >= 0.3 is 11.9 Å². The highest BCUT2D eigenvalue weighted by molar-refractivity contribution is 5.90. The van der Waals surface area contributed by atoms with Gasteiger partial charge in [-0.1, -0.05) is 20.3 Å². The van der Waals surface area contributed by atoms with Crippen LogP contribution in [0.4, 0.5) is 0 Å². The van der Waals surface area contributed by atoms with Gasteiger partial charge in [0.05, 0.1) is 6.61 Å². The number of carboxylic acids is 1. The summed E-state index contributed by atoms with van der Waals surface area (Å²) in [6, 6.07) is 0. The molecule has 0 aromatic rings. The highest BCUT2D eigenvalue weighted by Crippen LogP contribution is 2.34. The van der Waals surface area contributed by atoms with Crippen LogP contribution in [0.2, 0.25) is 0 Å². The Balaban J connectivity index is 2.23. The topological polar surface area (TPSA) is 63.6 Å². The third-order valence-corrected chi connectivity index (χ3v) is 4.16. The Morgan fingerprint density at radius 3 is 2.42 bits per heavy atom. The molecule has 0 saturated heterocycles. The number of carbonyl (C=O) groups is 2. The van der Waals surface area contributed by atoms with Crippen molar-refractivity contribution >= 4 is 11.9 Å². The minimum absolute atomic E-state index is 0.413. The largest absolute Gasteiger partial charge is 0.478 e. The Morgan fingerprint density at radius 2 is 1.89 bits per heavy atom. The van der Waals surface area contributed by atoms with Crippen LogP contribution in [0.1, 0.15) is 46.0 Å². The molecule has 1 N–H and O–H groups in total. The summed E-state index contributed by atoms with van der Waals surface area (Å²) in [7, 11) is 0. The predicted octanol–water partition coefficient (Wildman–Crippen LogP) is 3.02. The zero-order valence-electron chi connectivity index (χ0n) is 11.8. The lowest BCUT2D eigenvalue weighted by atomic mass is 9.76. The number of rotatable bonds is 6. The van der Waals surface area contributed by atoms with Gasteiger partial charge in [-0.15, -0.1) is 0 Å². The second kappa shape index (κ2) is 7.97. The van der Waals surface area contributed by atoms with E-state index in [1.54, 1.807) is 0 Å². The molecule has 4 heteroatoms. The van der Waals surface area contributed by atoms with Crippen molar-refractivity contribution in [3.05, 3.63) is 12.2 Å². The van der Waals surface area contributed by atoms with Gasteiger partial charge in [-0.05, 0) is 43.4 Å². The molecule has 108 valence electrons.